The lowest BCUT2D eigenvalue weighted by Crippen LogP contribution is -2.14. The van der Waals surface area contributed by atoms with Gasteiger partial charge in [0.1, 0.15) is 0 Å². The largest absolute Gasteiger partial charge is 0.392 e. The van der Waals surface area contributed by atoms with Gasteiger partial charge in [-0.2, -0.15) is 0 Å². The second-order valence-electron chi connectivity index (χ2n) is 4.91. The first-order valence-corrected chi connectivity index (χ1v) is 8.26. The maximum absolute atomic E-state index is 12.4. The van der Waals surface area contributed by atoms with Crippen LogP contribution >= 0.6 is 0 Å². The van der Waals surface area contributed by atoms with E-state index in [1.807, 2.05) is 26.0 Å². The first-order chi connectivity index (χ1) is 9.96. The summed E-state index contributed by atoms with van der Waals surface area (Å²) >= 11 is 0. The summed E-state index contributed by atoms with van der Waals surface area (Å²) in [5, 5.41) is 9.15. The van der Waals surface area contributed by atoms with Gasteiger partial charge in [-0.15, -0.1) is 0 Å². The van der Waals surface area contributed by atoms with Gasteiger partial charge in [-0.25, -0.2) is 8.42 Å². The summed E-state index contributed by atoms with van der Waals surface area (Å²) in [6.07, 6.45) is 0.866. The standard InChI is InChI=1S/C16H19NO3S/c1-3-13-6-8-15(9-7-13)21(19,20)17-16-10-14(11-18)5-4-12(16)2/h4-10,17-18H,3,11H2,1-2H3. The van der Waals surface area contributed by atoms with Crippen molar-refractivity contribution in [2.45, 2.75) is 31.8 Å². The summed E-state index contributed by atoms with van der Waals surface area (Å²) in [5.41, 5.74) is 3.05. The van der Waals surface area contributed by atoms with Crippen LogP contribution in [0.5, 0.6) is 0 Å². The van der Waals surface area contributed by atoms with E-state index in [9.17, 15) is 8.42 Å². The molecule has 4 nitrogen and oxygen atoms in total. The lowest BCUT2D eigenvalue weighted by atomic mass is 10.1. The Morgan fingerprint density at radius 2 is 1.67 bits per heavy atom. The first-order valence-electron chi connectivity index (χ1n) is 6.78. The molecule has 0 aliphatic carbocycles. The van der Waals surface area contributed by atoms with E-state index in [-0.39, 0.29) is 11.5 Å². The first kappa shape index (κ1) is 15.5. The Morgan fingerprint density at radius 3 is 2.24 bits per heavy atom. The minimum atomic E-state index is -3.62. The molecule has 0 saturated heterocycles. The van der Waals surface area contributed by atoms with E-state index in [2.05, 4.69) is 4.72 Å². The van der Waals surface area contributed by atoms with Crippen LogP contribution in [-0.2, 0) is 23.1 Å². The Hall–Kier alpha value is -1.85. The molecule has 0 atom stereocenters. The molecule has 2 aromatic rings. The molecule has 2 N–H and O–H groups in total. The molecule has 0 aliphatic heterocycles. The zero-order valence-corrected chi connectivity index (χ0v) is 12.9. The Labute approximate surface area is 125 Å². The zero-order valence-electron chi connectivity index (χ0n) is 12.1. The molecule has 0 saturated carbocycles. The van der Waals surface area contributed by atoms with Gasteiger partial charge in [0.15, 0.2) is 0 Å². The van der Waals surface area contributed by atoms with Crippen molar-refractivity contribution in [1.29, 1.82) is 0 Å². The molecule has 2 rings (SSSR count). The number of rotatable bonds is 5. The van der Waals surface area contributed by atoms with E-state index in [4.69, 9.17) is 5.11 Å². The van der Waals surface area contributed by atoms with Crippen LogP contribution in [0.25, 0.3) is 0 Å². The van der Waals surface area contributed by atoms with Gasteiger partial charge in [0.05, 0.1) is 17.2 Å². The van der Waals surface area contributed by atoms with Crippen LogP contribution in [0, 0.1) is 6.92 Å². The third-order valence-corrected chi connectivity index (χ3v) is 4.75. The van der Waals surface area contributed by atoms with E-state index >= 15 is 0 Å². The molecular weight excluding hydrogens is 286 g/mol. The summed E-state index contributed by atoms with van der Waals surface area (Å²) < 4.78 is 27.3. The lowest BCUT2D eigenvalue weighted by Gasteiger charge is -2.12. The number of hydrogen-bond acceptors (Lipinski definition) is 3. The van der Waals surface area contributed by atoms with Gasteiger partial charge in [-0.3, -0.25) is 4.72 Å². The van der Waals surface area contributed by atoms with Crippen LogP contribution in [-0.4, -0.2) is 13.5 Å². The van der Waals surface area contributed by atoms with Gasteiger partial charge in [0, 0.05) is 0 Å². The average Bonchev–Trinajstić information content (AvgIpc) is 2.49. The fourth-order valence-electron chi connectivity index (χ4n) is 1.99. The van der Waals surface area contributed by atoms with E-state index in [1.54, 1.807) is 30.3 Å². The van der Waals surface area contributed by atoms with Crippen molar-refractivity contribution in [3.63, 3.8) is 0 Å². The van der Waals surface area contributed by atoms with Crippen molar-refractivity contribution < 1.29 is 13.5 Å². The highest BCUT2D eigenvalue weighted by Gasteiger charge is 2.15. The van der Waals surface area contributed by atoms with Gasteiger partial charge in [-0.1, -0.05) is 31.2 Å². The van der Waals surface area contributed by atoms with Gasteiger partial charge in [-0.05, 0) is 48.2 Å². The van der Waals surface area contributed by atoms with Crippen LogP contribution in [0.4, 0.5) is 5.69 Å². The Morgan fingerprint density at radius 1 is 1.05 bits per heavy atom. The minimum Gasteiger partial charge on any atom is -0.392 e. The fraction of sp³-hybridized carbons (Fsp3) is 0.250. The molecule has 0 heterocycles. The Bertz CT molecular complexity index is 722. The highest BCUT2D eigenvalue weighted by atomic mass is 32.2. The Kier molecular flexibility index (Phi) is 4.65. The van der Waals surface area contributed by atoms with Crippen molar-refractivity contribution in [3.8, 4) is 0 Å². The van der Waals surface area contributed by atoms with Crippen LogP contribution in [0.1, 0.15) is 23.6 Å². The highest BCUT2D eigenvalue weighted by molar-refractivity contribution is 7.92. The van der Waals surface area contributed by atoms with Crippen molar-refractivity contribution in [3.05, 3.63) is 59.2 Å². The van der Waals surface area contributed by atoms with Crippen molar-refractivity contribution in [1.82, 2.24) is 0 Å². The molecule has 5 heteroatoms. The van der Waals surface area contributed by atoms with E-state index in [0.717, 1.165) is 17.5 Å². The van der Waals surface area contributed by atoms with Crippen LogP contribution in [0.3, 0.4) is 0 Å². The van der Waals surface area contributed by atoms with Gasteiger partial charge in [0.25, 0.3) is 10.0 Å². The van der Waals surface area contributed by atoms with E-state index < -0.39 is 10.0 Å². The highest BCUT2D eigenvalue weighted by Crippen LogP contribution is 2.21. The molecule has 21 heavy (non-hydrogen) atoms. The number of aliphatic hydroxyl groups is 1. The number of aryl methyl sites for hydroxylation is 2. The van der Waals surface area contributed by atoms with Crippen molar-refractivity contribution >= 4 is 15.7 Å². The zero-order chi connectivity index (χ0) is 15.5. The smallest absolute Gasteiger partial charge is 0.261 e. The van der Waals surface area contributed by atoms with Crippen molar-refractivity contribution in [2.24, 2.45) is 0 Å². The summed E-state index contributed by atoms with van der Waals surface area (Å²) in [6, 6.07) is 12.0. The maximum atomic E-state index is 12.4. The third-order valence-electron chi connectivity index (χ3n) is 3.37. The number of benzene rings is 2. The predicted molar refractivity (Wildman–Crippen MR) is 83.7 cm³/mol. The summed E-state index contributed by atoms with van der Waals surface area (Å²) in [5.74, 6) is 0. The molecule has 2 aromatic carbocycles. The molecule has 0 bridgehead atoms. The molecule has 0 spiro atoms. The summed E-state index contributed by atoms with van der Waals surface area (Å²) in [6.45, 7) is 3.71. The second kappa shape index (κ2) is 6.28. The second-order valence-corrected chi connectivity index (χ2v) is 6.59. The molecule has 0 unspecified atom stereocenters. The van der Waals surface area contributed by atoms with Crippen LogP contribution in [0.2, 0.25) is 0 Å². The summed E-state index contributed by atoms with van der Waals surface area (Å²) in [4.78, 5) is 0.230. The normalized spacial score (nSPS) is 11.4. The van der Waals surface area contributed by atoms with Gasteiger partial charge < -0.3 is 5.11 Å². The van der Waals surface area contributed by atoms with Crippen molar-refractivity contribution in [2.75, 3.05) is 4.72 Å². The number of anilines is 1. The number of sulfonamides is 1. The molecule has 0 aliphatic rings. The maximum Gasteiger partial charge on any atom is 0.261 e. The van der Waals surface area contributed by atoms with Crippen LogP contribution in [0.15, 0.2) is 47.4 Å². The Balaban J connectivity index is 2.32. The van der Waals surface area contributed by atoms with E-state index in [1.165, 1.54) is 0 Å². The molecule has 0 amide bonds. The molecule has 112 valence electrons. The molecule has 0 fully saturated rings. The molecular formula is C16H19NO3S. The van der Waals surface area contributed by atoms with Gasteiger partial charge >= 0.3 is 0 Å². The monoisotopic (exact) mass is 305 g/mol. The SMILES string of the molecule is CCc1ccc(S(=O)(=O)Nc2cc(CO)ccc2C)cc1. The van der Waals surface area contributed by atoms with E-state index in [0.29, 0.717) is 11.3 Å². The lowest BCUT2D eigenvalue weighted by molar-refractivity contribution is 0.282. The topological polar surface area (TPSA) is 66.4 Å². The molecule has 0 radical (unpaired) electrons. The molecule has 0 aromatic heterocycles. The summed E-state index contributed by atoms with van der Waals surface area (Å²) in [7, 11) is -3.62. The predicted octanol–water partition coefficient (Wildman–Crippen LogP) is 2.85. The van der Waals surface area contributed by atoms with Gasteiger partial charge in [0.2, 0.25) is 0 Å². The third kappa shape index (κ3) is 3.62. The minimum absolute atomic E-state index is 0.125. The number of aliphatic hydroxyl groups excluding tert-OH is 1. The number of hydrogen-bond donors (Lipinski definition) is 2. The fourth-order valence-corrected chi connectivity index (χ4v) is 3.11. The number of nitrogens with one attached hydrogen (secondary N) is 1. The van der Waals surface area contributed by atoms with Crippen LogP contribution < -0.4 is 4.72 Å². The average molecular weight is 305 g/mol. The quantitative estimate of drug-likeness (QED) is 0.892.